The van der Waals surface area contributed by atoms with Crippen molar-refractivity contribution in [1.29, 1.82) is 0 Å². The fraction of sp³-hybridized carbons (Fsp3) is 0.583. The highest BCUT2D eigenvalue weighted by molar-refractivity contribution is 5.46. The summed E-state index contributed by atoms with van der Waals surface area (Å²) >= 11 is 0. The first kappa shape index (κ1) is 12.8. The van der Waals surface area contributed by atoms with Crippen molar-refractivity contribution < 1.29 is 9.84 Å². The maximum Gasteiger partial charge on any atom is 0.237 e. The molecule has 0 saturated heterocycles. The molecule has 1 heterocycles. The predicted octanol–water partition coefficient (Wildman–Crippen LogP) is 1.98. The Morgan fingerprint density at radius 1 is 1.31 bits per heavy atom. The zero-order valence-electron chi connectivity index (χ0n) is 9.72. The van der Waals surface area contributed by atoms with Crippen LogP contribution in [0.5, 0.6) is 5.88 Å². The molecule has 1 fully saturated rings. The highest BCUT2D eigenvalue weighted by Crippen LogP contribution is 2.24. The van der Waals surface area contributed by atoms with E-state index in [2.05, 4.69) is 4.98 Å². The summed E-state index contributed by atoms with van der Waals surface area (Å²) in [5.74, 6) is 0.597. The lowest BCUT2D eigenvalue weighted by molar-refractivity contribution is 0.150. The molecule has 1 aliphatic carbocycles. The number of nitrogens with two attached hydrogens (primary N) is 1. The van der Waals surface area contributed by atoms with E-state index < -0.39 is 0 Å². The van der Waals surface area contributed by atoms with E-state index >= 15 is 0 Å². The number of aliphatic hydroxyl groups excluding tert-OH is 1. The topological polar surface area (TPSA) is 68.4 Å². The van der Waals surface area contributed by atoms with Crippen LogP contribution in [0.15, 0.2) is 18.3 Å². The largest absolute Gasteiger partial charge is 0.473 e. The smallest absolute Gasteiger partial charge is 0.237 e. The number of hydrogen-bond acceptors (Lipinski definition) is 4. The second-order valence-corrected chi connectivity index (χ2v) is 3.78. The first-order chi connectivity index (χ1) is 7.86. The van der Waals surface area contributed by atoms with Gasteiger partial charge in [-0.3, -0.25) is 0 Å². The number of nitrogen functional groups attached to an aromatic ring is 1. The molecule has 1 aliphatic rings. The first-order valence-electron chi connectivity index (χ1n) is 5.68. The van der Waals surface area contributed by atoms with Gasteiger partial charge in [0.05, 0.1) is 5.69 Å². The van der Waals surface area contributed by atoms with Crippen molar-refractivity contribution in [3.8, 4) is 5.88 Å². The van der Waals surface area contributed by atoms with Crippen LogP contribution in [-0.4, -0.2) is 23.3 Å². The molecule has 1 aromatic heterocycles. The molecule has 0 aromatic carbocycles. The Hall–Kier alpha value is -1.29. The van der Waals surface area contributed by atoms with E-state index in [4.69, 9.17) is 15.6 Å². The van der Waals surface area contributed by atoms with Gasteiger partial charge in [-0.05, 0) is 37.8 Å². The number of aliphatic hydroxyl groups is 1. The molecule has 0 radical (unpaired) electrons. The van der Waals surface area contributed by atoms with Crippen LogP contribution in [0, 0.1) is 0 Å². The fourth-order valence-corrected chi connectivity index (χ4v) is 1.84. The summed E-state index contributed by atoms with van der Waals surface area (Å²) in [7, 11) is 1.00. The maximum absolute atomic E-state index is 7.00. The van der Waals surface area contributed by atoms with Gasteiger partial charge in [-0.15, -0.1) is 0 Å². The standard InChI is InChI=1S/C11H16N2O.CH4O/c12-10-7-4-8-13-11(10)14-9-5-2-1-3-6-9;1-2/h4,7-9H,1-3,5-6,12H2;2H,1H3. The zero-order valence-corrected chi connectivity index (χ0v) is 9.72. The van der Waals surface area contributed by atoms with Gasteiger partial charge in [-0.1, -0.05) is 6.42 Å². The van der Waals surface area contributed by atoms with E-state index in [1.807, 2.05) is 12.1 Å². The lowest BCUT2D eigenvalue weighted by atomic mass is 9.98. The minimum absolute atomic E-state index is 0.320. The minimum atomic E-state index is 0.320. The SMILES string of the molecule is CO.Nc1cccnc1OC1CCCCC1. The highest BCUT2D eigenvalue weighted by Gasteiger charge is 2.16. The molecular formula is C12H20N2O2. The Bertz CT molecular complexity index is 299. The Morgan fingerprint density at radius 2 is 2.00 bits per heavy atom. The number of anilines is 1. The third-order valence-corrected chi connectivity index (χ3v) is 2.63. The number of hydrogen-bond donors (Lipinski definition) is 2. The second-order valence-electron chi connectivity index (χ2n) is 3.78. The molecule has 3 N–H and O–H groups in total. The Kier molecular flexibility index (Phi) is 5.64. The Morgan fingerprint density at radius 3 is 2.62 bits per heavy atom. The van der Waals surface area contributed by atoms with E-state index in [-0.39, 0.29) is 0 Å². The molecule has 0 bridgehead atoms. The average Bonchev–Trinajstić information content (AvgIpc) is 2.36. The van der Waals surface area contributed by atoms with E-state index in [0.29, 0.717) is 17.7 Å². The van der Waals surface area contributed by atoms with Crippen LogP contribution in [0.25, 0.3) is 0 Å². The lowest BCUT2D eigenvalue weighted by Crippen LogP contribution is -2.20. The molecule has 90 valence electrons. The Labute approximate surface area is 96.5 Å². The van der Waals surface area contributed by atoms with Crippen molar-refractivity contribution in [1.82, 2.24) is 4.98 Å². The summed E-state index contributed by atoms with van der Waals surface area (Å²) in [6, 6.07) is 3.65. The van der Waals surface area contributed by atoms with Gasteiger partial charge >= 0.3 is 0 Å². The fourth-order valence-electron chi connectivity index (χ4n) is 1.84. The van der Waals surface area contributed by atoms with Gasteiger partial charge in [-0.2, -0.15) is 0 Å². The minimum Gasteiger partial charge on any atom is -0.473 e. The molecule has 0 unspecified atom stereocenters. The van der Waals surface area contributed by atoms with E-state index in [1.54, 1.807) is 6.20 Å². The second kappa shape index (κ2) is 7.06. The zero-order chi connectivity index (χ0) is 11.8. The van der Waals surface area contributed by atoms with Gasteiger partial charge in [0.1, 0.15) is 6.10 Å². The van der Waals surface area contributed by atoms with Gasteiger partial charge < -0.3 is 15.6 Å². The molecule has 0 amide bonds. The first-order valence-corrected chi connectivity index (χ1v) is 5.68. The monoisotopic (exact) mass is 224 g/mol. The van der Waals surface area contributed by atoms with Crippen molar-refractivity contribution in [2.45, 2.75) is 38.2 Å². The molecule has 0 spiro atoms. The van der Waals surface area contributed by atoms with Gasteiger partial charge in [0.15, 0.2) is 0 Å². The van der Waals surface area contributed by atoms with Crippen LogP contribution in [0.2, 0.25) is 0 Å². The molecule has 0 atom stereocenters. The summed E-state index contributed by atoms with van der Waals surface area (Å²) in [5.41, 5.74) is 6.39. The number of pyridine rings is 1. The normalized spacial score (nSPS) is 16.1. The summed E-state index contributed by atoms with van der Waals surface area (Å²) in [4.78, 5) is 4.13. The summed E-state index contributed by atoms with van der Waals surface area (Å²) < 4.78 is 5.75. The lowest BCUT2D eigenvalue weighted by Gasteiger charge is -2.22. The number of rotatable bonds is 2. The molecule has 4 nitrogen and oxygen atoms in total. The molecule has 4 heteroatoms. The van der Waals surface area contributed by atoms with E-state index in [1.165, 1.54) is 19.3 Å². The summed E-state index contributed by atoms with van der Waals surface area (Å²) in [6.07, 6.45) is 8.16. The van der Waals surface area contributed by atoms with Crippen LogP contribution >= 0.6 is 0 Å². The van der Waals surface area contributed by atoms with E-state index in [9.17, 15) is 0 Å². The van der Waals surface area contributed by atoms with Gasteiger partial charge in [0.2, 0.25) is 5.88 Å². The van der Waals surface area contributed by atoms with Crippen LogP contribution in [-0.2, 0) is 0 Å². The molecule has 1 saturated carbocycles. The quantitative estimate of drug-likeness (QED) is 0.806. The van der Waals surface area contributed by atoms with Crippen molar-refractivity contribution in [2.75, 3.05) is 12.8 Å². The number of nitrogens with zero attached hydrogens (tertiary/aromatic N) is 1. The number of aromatic nitrogens is 1. The summed E-state index contributed by atoms with van der Waals surface area (Å²) in [6.45, 7) is 0. The Balaban J connectivity index is 0.000000606. The molecule has 1 aromatic rings. The van der Waals surface area contributed by atoms with Gasteiger partial charge in [0, 0.05) is 13.3 Å². The number of ether oxygens (including phenoxy) is 1. The van der Waals surface area contributed by atoms with E-state index in [0.717, 1.165) is 20.0 Å². The third kappa shape index (κ3) is 3.70. The van der Waals surface area contributed by atoms with Crippen LogP contribution in [0.4, 0.5) is 5.69 Å². The maximum atomic E-state index is 7.00. The van der Waals surface area contributed by atoms with Crippen LogP contribution < -0.4 is 10.5 Å². The van der Waals surface area contributed by atoms with Gasteiger partial charge in [-0.25, -0.2) is 4.98 Å². The average molecular weight is 224 g/mol. The third-order valence-electron chi connectivity index (χ3n) is 2.63. The molecule has 2 rings (SSSR count). The molecular weight excluding hydrogens is 204 g/mol. The summed E-state index contributed by atoms with van der Waals surface area (Å²) in [5, 5.41) is 7.00. The van der Waals surface area contributed by atoms with Crippen molar-refractivity contribution >= 4 is 5.69 Å². The van der Waals surface area contributed by atoms with Crippen molar-refractivity contribution in [3.05, 3.63) is 18.3 Å². The van der Waals surface area contributed by atoms with Crippen molar-refractivity contribution in [3.63, 3.8) is 0 Å². The van der Waals surface area contributed by atoms with Crippen LogP contribution in [0.1, 0.15) is 32.1 Å². The molecule has 16 heavy (non-hydrogen) atoms. The van der Waals surface area contributed by atoms with Crippen molar-refractivity contribution in [2.24, 2.45) is 0 Å². The highest BCUT2D eigenvalue weighted by atomic mass is 16.5. The van der Waals surface area contributed by atoms with Gasteiger partial charge in [0.25, 0.3) is 0 Å². The van der Waals surface area contributed by atoms with Crippen LogP contribution in [0.3, 0.4) is 0 Å². The molecule has 0 aliphatic heterocycles. The predicted molar refractivity (Wildman–Crippen MR) is 64.3 cm³/mol.